The van der Waals surface area contributed by atoms with Gasteiger partial charge in [-0.3, -0.25) is 0 Å². The quantitative estimate of drug-likeness (QED) is 0.835. The Kier molecular flexibility index (Phi) is 4.63. The highest BCUT2D eigenvalue weighted by Gasteiger charge is 2.07. The molecule has 2 aromatic rings. The summed E-state index contributed by atoms with van der Waals surface area (Å²) in [6, 6.07) is 15.9. The van der Waals surface area contributed by atoms with E-state index in [9.17, 15) is 4.79 Å². The number of carboxylic acids is 1. The first-order chi connectivity index (χ1) is 9.16. The van der Waals surface area contributed by atoms with Gasteiger partial charge in [-0.05, 0) is 36.6 Å². The summed E-state index contributed by atoms with van der Waals surface area (Å²) in [4.78, 5) is 12.1. The van der Waals surface area contributed by atoms with Gasteiger partial charge in [-0.15, -0.1) is 11.8 Å². The van der Waals surface area contributed by atoms with Gasteiger partial charge in [0.1, 0.15) is 0 Å². The molecule has 0 bridgehead atoms. The maximum atomic E-state index is 11.1. The third-order valence-corrected chi connectivity index (χ3v) is 3.94. The molecule has 0 spiro atoms. The topological polar surface area (TPSA) is 37.3 Å². The van der Waals surface area contributed by atoms with E-state index in [2.05, 4.69) is 12.1 Å². The fourth-order valence-corrected chi connectivity index (χ4v) is 2.79. The molecule has 0 saturated carbocycles. The molecule has 2 rings (SSSR count). The zero-order valence-electron chi connectivity index (χ0n) is 10.8. The summed E-state index contributed by atoms with van der Waals surface area (Å²) >= 11 is 1.69. The Balaban J connectivity index is 1.97. The Morgan fingerprint density at radius 2 is 1.89 bits per heavy atom. The van der Waals surface area contributed by atoms with Crippen molar-refractivity contribution in [3.05, 3.63) is 65.2 Å². The van der Waals surface area contributed by atoms with Gasteiger partial charge >= 0.3 is 5.97 Å². The molecule has 3 heteroatoms. The Morgan fingerprint density at radius 1 is 1.16 bits per heavy atom. The Labute approximate surface area is 117 Å². The van der Waals surface area contributed by atoms with Gasteiger partial charge in [0, 0.05) is 10.6 Å². The summed E-state index contributed by atoms with van der Waals surface area (Å²) in [7, 11) is 0. The van der Waals surface area contributed by atoms with Crippen molar-refractivity contribution in [3.8, 4) is 0 Å². The molecule has 2 aromatic carbocycles. The van der Waals surface area contributed by atoms with Crippen LogP contribution in [0.4, 0.5) is 0 Å². The van der Waals surface area contributed by atoms with Gasteiger partial charge < -0.3 is 5.11 Å². The molecule has 0 aliphatic rings. The van der Waals surface area contributed by atoms with E-state index >= 15 is 0 Å². The van der Waals surface area contributed by atoms with Crippen LogP contribution < -0.4 is 0 Å². The molecule has 0 heterocycles. The molecule has 0 saturated heterocycles. The zero-order valence-corrected chi connectivity index (χ0v) is 11.6. The maximum Gasteiger partial charge on any atom is 0.335 e. The number of rotatable bonds is 5. The Morgan fingerprint density at radius 3 is 2.58 bits per heavy atom. The number of aryl methyl sites for hydroxylation is 2. The highest BCUT2D eigenvalue weighted by molar-refractivity contribution is 7.99. The number of hydrogen-bond acceptors (Lipinski definition) is 2. The minimum Gasteiger partial charge on any atom is -0.478 e. The second-order valence-corrected chi connectivity index (χ2v) is 5.53. The minimum atomic E-state index is -0.858. The summed E-state index contributed by atoms with van der Waals surface area (Å²) in [6.07, 6.45) is 0.988. The van der Waals surface area contributed by atoms with Crippen molar-refractivity contribution in [1.29, 1.82) is 0 Å². The molecule has 0 fully saturated rings. The lowest BCUT2D eigenvalue weighted by Gasteiger charge is -2.05. The number of aromatic carboxylic acids is 1. The van der Waals surface area contributed by atoms with Gasteiger partial charge in [-0.2, -0.15) is 0 Å². The van der Waals surface area contributed by atoms with E-state index in [-0.39, 0.29) is 0 Å². The van der Waals surface area contributed by atoms with Crippen molar-refractivity contribution in [2.45, 2.75) is 18.2 Å². The van der Waals surface area contributed by atoms with Crippen LogP contribution >= 0.6 is 11.8 Å². The molecular weight excluding hydrogens is 256 g/mol. The van der Waals surface area contributed by atoms with E-state index in [1.54, 1.807) is 17.8 Å². The van der Waals surface area contributed by atoms with Crippen LogP contribution in [0, 0.1) is 6.92 Å². The van der Waals surface area contributed by atoms with Crippen LogP contribution in [0.5, 0.6) is 0 Å². The number of benzene rings is 2. The normalized spacial score (nSPS) is 10.4. The summed E-state index contributed by atoms with van der Waals surface area (Å²) in [5.74, 6) is 0.0922. The van der Waals surface area contributed by atoms with Gasteiger partial charge in [0.25, 0.3) is 0 Å². The fraction of sp³-hybridized carbons (Fsp3) is 0.188. The zero-order chi connectivity index (χ0) is 13.7. The summed E-state index contributed by atoms with van der Waals surface area (Å²) < 4.78 is 0. The minimum absolute atomic E-state index is 0.393. The van der Waals surface area contributed by atoms with Gasteiger partial charge in [-0.25, -0.2) is 4.79 Å². The van der Waals surface area contributed by atoms with Gasteiger partial charge in [0.2, 0.25) is 0 Å². The SMILES string of the molecule is Cc1ccc(SCCc2ccccc2)cc1C(=O)O. The molecule has 0 unspecified atom stereocenters. The van der Waals surface area contributed by atoms with E-state index in [1.165, 1.54) is 5.56 Å². The van der Waals surface area contributed by atoms with Crippen molar-refractivity contribution >= 4 is 17.7 Å². The molecule has 0 amide bonds. The average molecular weight is 272 g/mol. The highest BCUT2D eigenvalue weighted by atomic mass is 32.2. The van der Waals surface area contributed by atoms with Crippen LogP contribution in [-0.4, -0.2) is 16.8 Å². The molecule has 0 atom stereocenters. The van der Waals surface area contributed by atoms with Crippen molar-refractivity contribution in [3.63, 3.8) is 0 Å². The van der Waals surface area contributed by atoms with Crippen LogP contribution in [0.2, 0.25) is 0 Å². The molecule has 0 aromatic heterocycles. The third kappa shape index (κ3) is 3.86. The largest absolute Gasteiger partial charge is 0.478 e. The average Bonchev–Trinajstić information content (AvgIpc) is 2.41. The molecule has 0 aliphatic carbocycles. The summed E-state index contributed by atoms with van der Waals surface area (Å²) in [5, 5.41) is 9.08. The first kappa shape index (κ1) is 13.7. The monoisotopic (exact) mass is 272 g/mol. The van der Waals surface area contributed by atoms with Crippen molar-refractivity contribution in [2.75, 3.05) is 5.75 Å². The lowest BCUT2D eigenvalue weighted by Crippen LogP contribution is -1.99. The lowest BCUT2D eigenvalue weighted by atomic mass is 10.1. The molecule has 2 nitrogen and oxygen atoms in total. The smallest absolute Gasteiger partial charge is 0.335 e. The molecule has 0 aliphatic heterocycles. The van der Waals surface area contributed by atoms with Crippen molar-refractivity contribution in [1.82, 2.24) is 0 Å². The second-order valence-electron chi connectivity index (χ2n) is 4.37. The predicted octanol–water partition coefficient (Wildman–Crippen LogP) is 4.03. The van der Waals surface area contributed by atoms with Crippen LogP contribution in [-0.2, 0) is 6.42 Å². The fourth-order valence-electron chi connectivity index (χ4n) is 1.85. The number of hydrogen-bond donors (Lipinski definition) is 1. The maximum absolute atomic E-state index is 11.1. The van der Waals surface area contributed by atoms with Gasteiger partial charge in [0.05, 0.1) is 5.56 Å². The third-order valence-electron chi connectivity index (χ3n) is 2.94. The molecule has 98 valence electrons. The molecule has 1 N–H and O–H groups in total. The Hall–Kier alpha value is -1.74. The number of thioether (sulfide) groups is 1. The molecule has 19 heavy (non-hydrogen) atoms. The van der Waals surface area contributed by atoms with Crippen LogP contribution in [0.1, 0.15) is 21.5 Å². The number of carboxylic acid groups (broad SMARTS) is 1. The van der Waals surface area contributed by atoms with E-state index in [0.717, 1.165) is 22.6 Å². The van der Waals surface area contributed by atoms with Crippen molar-refractivity contribution in [2.24, 2.45) is 0 Å². The summed E-state index contributed by atoms with van der Waals surface area (Å²) in [5.41, 5.74) is 2.50. The number of carbonyl (C=O) groups is 1. The van der Waals surface area contributed by atoms with E-state index in [4.69, 9.17) is 5.11 Å². The molecular formula is C16H16O2S. The Bertz CT molecular complexity index is 564. The standard InChI is InChI=1S/C16H16O2S/c1-12-7-8-14(11-15(12)16(17)18)19-10-9-13-5-3-2-4-6-13/h2-8,11H,9-10H2,1H3,(H,17,18). The highest BCUT2D eigenvalue weighted by Crippen LogP contribution is 2.22. The van der Waals surface area contributed by atoms with E-state index in [1.807, 2.05) is 37.3 Å². The van der Waals surface area contributed by atoms with Crippen molar-refractivity contribution < 1.29 is 9.90 Å². The first-order valence-corrected chi connectivity index (χ1v) is 7.16. The summed E-state index contributed by atoms with van der Waals surface area (Å²) in [6.45, 7) is 1.82. The lowest BCUT2D eigenvalue weighted by molar-refractivity contribution is 0.0696. The second kappa shape index (κ2) is 6.43. The van der Waals surface area contributed by atoms with Crippen LogP contribution in [0.25, 0.3) is 0 Å². The van der Waals surface area contributed by atoms with Crippen LogP contribution in [0.3, 0.4) is 0 Å². The van der Waals surface area contributed by atoms with E-state index in [0.29, 0.717) is 5.56 Å². The first-order valence-electron chi connectivity index (χ1n) is 6.17. The van der Waals surface area contributed by atoms with Gasteiger partial charge in [-0.1, -0.05) is 36.4 Å². The van der Waals surface area contributed by atoms with Crippen LogP contribution in [0.15, 0.2) is 53.4 Å². The predicted molar refractivity (Wildman–Crippen MR) is 79.0 cm³/mol. The van der Waals surface area contributed by atoms with E-state index < -0.39 is 5.97 Å². The molecule has 0 radical (unpaired) electrons. The van der Waals surface area contributed by atoms with Gasteiger partial charge in [0.15, 0.2) is 0 Å².